The first-order valence-corrected chi connectivity index (χ1v) is 5.87. The van der Waals surface area contributed by atoms with E-state index >= 15 is 0 Å². The van der Waals surface area contributed by atoms with Gasteiger partial charge in [0.2, 0.25) is 0 Å². The molecule has 2 nitrogen and oxygen atoms in total. The summed E-state index contributed by atoms with van der Waals surface area (Å²) in [6.45, 7) is 6.61. The normalized spacial score (nSPS) is 13.6. The highest BCUT2D eigenvalue weighted by Gasteiger charge is 2.21. The van der Waals surface area contributed by atoms with Gasteiger partial charge in [-0.2, -0.15) is 0 Å². The van der Waals surface area contributed by atoms with E-state index in [-0.39, 0.29) is 11.5 Å². The second-order valence-corrected chi connectivity index (χ2v) is 5.37. The van der Waals surface area contributed by atoms with Crippen molar-refractivity contribution >= 4 is 0 Å². The lowest BCUT2D eigenvalue weighted by atomic mass is 9.81. The summed E-state index contributed by atoms with van der Waals surface area (Å²) in [6.07, 6.45) is 3.37. The molecule has 2 heteroatoms. The van der Waals surface area contributed by atoms with Crippen molar-refractivity contribution in [2.24, 2.45) is 5.73 Å². The molecule has 1 heterocycles. The van der Waals surface area contributed by atoms with Crippen molar-refractivity contribution < 1.29 is 4.42 Å². The number of hydrogen-bond donors (Lipinski definition) is 1. The molecule has 0 amide bonds. The molecule has 90 valence electrons. The van der Waals surface area contributed by atoms with Crippen LogP contribution < -0.4 is 5.73 Å². The molecule has 1 atom stereocenters. The third kappa shape index (κ3) is 2.42. The van der Waals surface area contributed by atoms with Gasteiger partial charge in [-0.15, -0.1) is 0 Å². The zero-order valence-electron chi connectivity index (χ0n) is 10.6. The van der Waals surface area contributed by atoms with Crippen molar-refractivity contribution in [1.29, 1.82) is 0 Å². The molecule has 0 saturated carbocycles. The molecule has 2 aromatic rings. The number of hydrogen-bond acceptors (Lipinski definition) is 2. The zero-order chi connectivity index (χ0) is 12.5. The van der Waals surface area contributed by atoms with Crippen molar-refractivity contribution in [1.82, 2.24) is 0 Å². The summed E-state index contributed by atoms with van der Waals surface area (Å²) in [5, 5.41) is 0. The summed E-state index contributed by atoms with van der Waals surface area (Å²) < 4.78 is 5.10. The lowest BCUT2D eigenvalue weighted by Gasteiger charge is -2.25. The van der Waals surface area contributed by atoms with E-state index < -0.39 is 0 Å². The van der Waals surface area contributed by atoms with Crippen LogP contribution in [0.3, 0.4) is 0 Å². The Bertz CT molecular complexity index is 480. The van der Waals surface area contributed by atoms with Gasteiger partial charge in [-0.1, -0.05) is 45.0 Å². The third-order valence-corrected chi connectivity index (χ3v) is 3.01. The monoisotopic (exact) mass is 229 g/mol. The van der Waals surface area contributed by atoms with Crippen LogP contribution in [0, 0.1) is 0 Å². The van der Waals surface area contributed by atoms with E-state index in [1.54, 1.807) is 12.5 Å². The molecule has 0 saturated heterocycles. The van der Waals surface area contributed by atoms with E-state index in [0.29, 0.717) is 0 Å². The standard InChI is InChI=1S/C15H19NO/c1-15(2,3)13-7-5-4-6-12(13)14(16)11-8-9-17-10-11/h4-10,14H,16H2,1-3H3. The smallest absolute Gasteiger partial charge is 0.0953 e. The van der Waals surface area contributed by atoms with Crippen LogP contribution >= 0.6 is 0 Å². The second kappa shape index (κ2) is 4.38. The van der Waals surface area contributed by atoms with E-state index in [4.69, 9.17) is 10.2 Å². The van der Waals surface area contributed by atoms with Crippen LogP contribution in [0.5, 0.6) is 0 Å². The Balaban J connectivity index is 2.46. The van der Waals surface area contributed by atoms with Crippen molar-refractivity contribution in [3.8, 4) is 0 Å². The highest BCUT2D eigenvalue weighted by Crippen LogP contribution is 2.31. The SMILES string of the molecule is CC(C)(C)c1ccccc1C(N)c1ccoc1. The van der Waals surface area contributed by atoms with Crippen molar-refractivity contribution in [3.63, 3.8) is 0 Å². The molecule has 0 aliphatic carbocycles. The highest BCUT2D eigenvalue weighted by molar-refractivity contribution is 5.39. The Morgan fingerprint density at radius 2 is 1.82 bits per heavy atom. The van der Waals surface area contributed by atoms with Gasteiger partial charge < -0.3 is 10.2 Å². The molecule has 17 heavy (non-hydrogen) atoms. The predicted molar refractivity (Wildman–Crippen MR) is 69.9 cm³/mol. The maximum Gasteiger partial charge on any atom is 0.0953 e. The van der Waals surface area contributed by atoms with Gasteiger partial charge in [-0.3, -0.25) is 0 Å². The Kier molecular flexibility index (Phi) is 3.07. The van der Waals surface area contributed by atoms with Gasteiger partial charge in [0.15, 0.2) is 0 Å². The molecular weight excluding hydrogens is 210 g/mol. The van der Waals surface area contributed by atoms with E-state index in [1.807, 2.05) is 12.1 Å². The van der Waals surface area contributed by atoms with Gasteiger partial charge >= 0.3 is 0 Å². The fourth-order valence-electron chi connectivity index (χ4n) is 2.08. The number of benzene rings is 1. The molecule has 2 N–H and O–H groups in total. The first-order valence-electron chi connectivity index (χ1n) is 5.87. The molecule has 0 bridgehead atoms. The van der Waals surface area contributed by atoms with Crippen LogP contribution in [0.15, 0.2) is 47.3 Å². The van der Waals surface area contributed by atoms with Gasteiger partial charge in [0.1, 0.15) is 0 Å². The van der Waals surface area contributed by atoms with Gasteiger partial charge in [-0.05, 0) is 22.6 Å². The van der Waals surface area contributed by atoms with Gasteiger partial charge in [0.25, 0.3) is 0 Å². The minimum absolute atomic E-state index is 0.0952. The van der Waals surface area contributed by atoms with E-state index in [2.05, 4.69) is 39.0 Å². The third-order valence-electron chi connectivity index (χ3n) is 3.01. The predicted octanol–water partition coefficient (Wildman–Crippen LogP) is 3.63. The Morgan fingerprint density at radius 3 is 2.41 bits per heavy atom. The number of nitrogens with two attached hydrogens (primary N) is 1. The molecule has 0 aliphatic rings. The largest absolute Gasteiger partial charge is 0.472 e. The molecule has 0 aliphatic heterocycles. The van der Waals surface area contributed by atoms with Crippen molar-refractivity contribution in [3.05, 3.63) is 59.5 Å². The number of rotatable bonds is 2. The molecule has 1 aromatic heterocycles. The quantitative estimate of drug-likeness (QED) is 0.854. The van der Waals surface area contributed by atoms with E-state index in [1.165, 1.54) is 11.1 Å². The fourth-order valence-corrected chi connectivity index (χ4v) is 2.08. The Morgan fingerprint density at radius 1 is 1.12 bits per heavy atom. The van der Waals surface area contributed by atoms with Crippen LogP contribution in [0.1, 0.15) is 43.5 Å². The van der Waals surface area contributed by atoms with Crippen LogP contribution in [0.2, 0.25) is 0 Å². The second-order valence-electron chi connectivity index (χ2n) is 5.37. The molecule has 0 fully saturated rings. The Labute approximate surface area is 102 Å². The summed E-state index contributed by atoms with van der Waals surface area (Å²) in [6, 6.07) is 10.1. The van der Waals surface area contributed by atoms with Gasteiger partial charge in [0.05, 0.1) is 18.6 Å². The van der Waals surface area contributed by atoms with Gasteiger partial charge in [-0.25, -0.2) is 0 Å². The van der Waals surface area contributed by atoms with Crippen molar-refractivity contribution in [2.45, 2.75) is 32.2 Å². The molecule has 0 radical (unpaired) electrons. The van der Waals surface area contributed by atoms with Crippen LogP contribution in [-0.2, 0) is 5.41 Å². The zero-order valence-corrected chi connectivity index (χ0v) is 10.6. The maximum absolute atomic E-state index is 6.30. The van der Waals surface area contributed by atoms with Crippen molar-refractivity contribution in [2.75, 3.05) is 0 Å². The first kappa shape index (κ1) is 11.9. The maximum atomic E-state index is 6.30. The van der Waals surface area contributed by atoms with Crippen LogP contribution in [0.25, 0.3) is 0 Å². The molecule has 1 aromatic carbocycles. The molecular formula is C15H19NO. The van der Waals surface area contributed by atoms with E-state index in [9.17, 15) is 0 Å². The molecule has 2 rings (SSSR count). The van der Waals surface area contributed by atoms with Crippen LogP contribution in [-0.4, -0.2) is 0 Å². The topological polar surface area (TPSA) is 39.2 Å². The average molecular weight is 229 g/mol. The minimum Gasteiger partial charge on any atom is -0.472 e. The number of furan rings is 1. The summed E-state index contributed by atoms with van der Waals surface area (Å²) in [7, 11) is 0. The lowest BCUT2D eigenvalue weighted by Crippen LogP contribution is -2.20. The average Bonchev–Trinajstić information content (AvgIpc) is 2.80. The summed E-state index contributed by atoms with van der Waals surface area (Å²) in [4.78, 5) is 0. The molecule has 1 unspecified atom stereocenters. The van der Waals surface area contributed by atoms with E-state index in [0.717, 1.165) is 5.56 Å². The Hall–Kier alpha value is -1.54. The lowest BCUT2D eigenvalue weighted by molar-refractivity contribution is 0.558. The summed E-state index contributed by atoms with van der Waals surface area (Å²) in [5.74, 6) is 0. The highest BCUT2D eigenvalue weighted by atomic mass is 16.3. The molecule has 0 spiro atoms. The van der Waals surface area contributed by atoms with Crippen LogP contribution in [0.4, 0.5) is 0 Å². The minimum atomic E-state index is -0.121. The fraction of sp³-hybridized carbons (Fsp3) is 0.333. The first-order chi connectivity index (χ1) is 8.00. The van der Waals surface area contributed by atoms with Gasteiger partial charge in [0, 0.05) is 5.56 Å². The summed E-state index contributed by atoms with van der Waals surface area (Å²) in [5.41, 5.74) is 9.86. The summed E-state index contributed by atoms with van der Waals surface area (Å²) >= 11 is 0.